The van der Waals surface area contributed by atoms with E-state index < -0.39 is 0 Å². The number of rotatable bonds is 8. The SMILES string of the molecule is COc1c(C)cc(C23CCC(CN(c4cc(-c5cnn(C(C)(C)C)c5)ncn4)C(=O)[C@H]4CC[C@H](OC(=O)N5CC(C)C5)CC4)(CC2)CC3)cc1C. The largest absolute Gasteiger partial charge is 0.496 e. The van der Waals surface area contributed by atoms with Crippen LogP contribution in [0, 0.1) is 31.1 Å². The molecule has 274 valence electrons. The Morgan fingerprint density at radius 2 is 1.59 bits per heavy atom. The second kappa shape index (κ2) is 13.6. The highest BCUT2D eigenvalue weighted by atomic mass is 16.6. The van der Waals surface area contributed by atoms with Crippen molar-refractivity contribution in [3.63, 3.8) is 0 Å². The molecule has 2 aromatic heterocycles. The number of aromatic nitrogens is 4. The van der Waals surface area contributed by atoms with E-state index in [9.17, 15) is 9.59 Å². The van der Waals surface area contributed by atoms with E-state index in [4.69, 9.17) is 14.5 Å². The van der Waals surface area contributed by atoms with Crippen molar-refractivity contribution in [3.05, 3.63) is 53.6 Å². The summed E-state index contributed by atoms with van der Waals surface area (Å²) < 4.78 is 13.5. The Labute approximate surface area is 303 Å². The smallest absolute Gasteiger partial charge is 0.410 e. The fraction of sp³-hybridized carbons (Fsp3) is 0.634. The molecule has 4 saturated carbocycles. The molecule has 1 aliphatic heterocycles. The summed E-state index contributed by atoms with van der Waals surface area (Å²) in [6, 6.07) is 6.67. The molecule has 10 heteroatoms. The minimum atomic E-state index is -0.211. The zero-order valence-corrected chi connectivity index (χ0v) is 31.7. The molecule has 5 fully saturated rings. The van der Waals surface area contributed by atoms with Gasteiger partial charge in [0.15, 0.2) is 0 Å². The summed E-state index contributed by atoms with van der Waals surface area (Å²) >= 11 is 0. The first-order valence-corrected chi connectivity index (χ1v) is 19.1. The van der Waals surface area contributed by atoms with Gasteiger partial charge in [0, 0.05) is 43.4 Å². The highest BCUT2D eigenvalue weighted by molar-refractivity contribution is 5.94. The van der Waals surface area contributed by atoms with E-state index in [0.717, 1.165) is 68.6 Å². The Balaban J connectivity index is 1.11. The number of carbonyl (C=O) groups is 2. The molecule has 1 saturated heterocycles. The molecule has 0 unspecified atom stereocenters. The van der Waals surface area contributed by atoms with Gasteiger partial charge in [0.2, 0.25) is 5.91 Å². The van der Waals surface area contributed by atoms with Crippen LogP contribution in [0.3, 0.4) is 0 Å². The summed E-state index contributed by atoms with van der Waals surface area (Å²) in [6.07, 6.45) is 14.5. The van der Waals surface area contributed by atoms with Crippen molar-refractivity contribution in [2.75, 3.05) is 31.6 Å². The number of methoxy groups -OCH3 is 1. The van der Waals surface area contributed by atoms with Crippen molar-refractivity contribution >= 4 is 17.8 Å². The van der Waals surface area contributed by atoms with Gasteiger partial charge in [0.25, 0.3) is 0 Å². The van der Waals surface area contributed by atoms with Gasteiger partial charge in [-0.1, -0.05) is 19.1 Å². The van der Waals surface area contributed by atoms with E-state index in [1.807, 2.05) is 28.0 Å². The highest BCUT2D eigenvalue weighted by Gasteiger charge is 2.51. The van der Waals surface area contributed by atoms with Crippen LogP contribution in [0.15, 0.2) is 36.9 Å². The molecule has 5 aliphatic rings. The summed E-state index contributed by atoms with van der Waals surface area (Å²) in [5.41, 5.74) is 5.57. The zero-order chi connectivity index (χ0) is 36.1. The van der Waals surface area contributed by atoms with E-state index in [-0.39, 0.29) is 40.4 Å². The fourth-order valence-corrected chi connectivity index (χ4v) is 9.31. The quantitative estimate of drug-likeness (QED) is 0.235. The predicted molar refractivity (Wildman–Crippen MR) is 198 cm³/mol. The summed E-state index contributed by atoms with van der Waals surface area (Å²) in [5, 5.41) is 4.60. The van der Waals surface area contributed by atoms with Gasteiger partial charge in [-0.25, -0.2) is 14.8 Å². The van der Waals surface area contributed by atoms with Crippen LogP contribution in [0.2, 0.25) is 0 Å². The summed E-state index contributed by atoms with van der Waals surface area (Å²) in [5.74, 6) is 2.17. The molecule has 8 rings (SSSR count). The topological polar surface area (TPSA) is 103 Å². The van der Waals surface area contributed by atoms with Crippen LogP contribution < -0.4 is 9.64 Å². The maximum absolute atomic E-state index is 14.7. The number of hydrogen-bond donors (Lipinski definition) is 0. The standard InChI is InChI=1S/C41H56N6O4/c1-27-22-45(23-27)38(49)51-33-10-8-30(9-11-33)37(48)46(35-20-34(42-26-43-35)31-21-44-47(24-31)39(4,5)6)25-40-12-15-41(16-13-40,17-14-40)32-18-28(2)36(50-7)29(3)19-32/h18-21,24,26-27,30,33H,8-17,22-23,25H2,1-7H3/t30-,33-,40?,41?. The third kappa shape index (κ3) is 6.99. The average molecular weight is 697 g/mol. The van der Waals surface area contributed by atoms with Crippen LogP contribution >= 0.6 is 0 Å². The molecule has 2 amide bonds. The average Bonchev–Trinajstić information content (AvgIpc) is 3.62. The van der Waals surface area contributed by atoms with E-state index in [1.165, 1.54) is 16.7 Å². The first-order chi connectivity index (χ1) is 24.3. The molecule has 0 N–H and O–H groups in total. The highest BCUT2D eigenvalue weighted by Crippen LogP contribution is 2.58. The molecular weight excluding hydrogens is 640 g/mol. The third-order valence-corrected chi connectivity index (χ3v) is 12.5. The second-order valence-corrected chi connectivity index (χ2v) is 17.3. The van der Waals surface area contributed by atoms with Crippen LogP contribution in [0.4, 0.5) is 10.6 Å². The molecule has 1 aromatic carbocycles. The molecule has 3 heterocycles. The van der Waals surface area contributed by atoms with E-state index in [1.54, 1.807) is 18.3 Å². The molecular formula is C41H56N6O4. The lowest BCUT2D eigenvalue weighted by atomic mass is 9.51. The number of benzene rings is 1. The lowest BCUT2D eigenvalue weighted by molar-refractivity contribution is -0.124. The molecule has 0 radical (unpaired) electrons. The van der Waals surface area contributed by atoms with Crippen molar-refractivity contribution < 1.29 is 19.1 Å². The number of fused-ring (bicyclic) bond motifs is 3. The van der Waals surface area contributed by atoms with Crippen LogP contribution in [-0.4, -0.2) is 69.5 Å². The van der Waals surface area contributed by atoms with E-state index in [2.05, 4.69) is 63.8 Å². The molecule has 0 spiro atoms. The summed E-state index contributed by atoms with van der Waals surface area (Å²) in [4.78, 5) is 40.5. The number of amides is 2. The number of anilines is 1. The van der Waals surface area contributed by atoms with Crippen molar-refractivity contribution in [2.45, 2.75) is 123 Å². The van der Waals surface area contributed by atoms with Crippen molar-refractivity contribution in [3.8, 4) is 17.0 Å². The first kappa shape index (κ1) is 35.5. The normalized spacial score (nSPS) is 26.5. The van der Waals surface area contributed by atoms with Crippen LogP contribution in [0.1, 0.15) is 109 Å². The fourth-order valence-electron chi connectivity index (χ4n) is 9.31. The molecule has 0 atom stereocenters. The van der Waals surface area contributed by atoms with Crippen molar-refractivity contribution in [2.24, 2.45) is 17.3 Å². The number of ether oxygens (including phenoxy) is 2. The summed E-state index contributed by atoms with van der Waals surface area (Å²) in [7, 11) is 1.75. The van der Waals surface area contributed by atoms with E-state index >= 15 is 0 Å². The minimum absolute atomic E-state index is 0.0390. The maximum atomic E-state index is 14.7. The lowest BCUT2D eigenvalue weighted by Gasteiger charge is -2.55. The van der Waals surface area contributed by atoms with Crippen LogP contribution in [0.25, 0.3) is 11.3 Å². The first-order valence-electron chi connectivity index (χ1n) is 19.1. The van der Waals surface area contributed by atoms with Gasteiger partial charge >= 0.3 is 6.09 Å². The Kier molecular flexibility index (Phi) is 9.42. The summed E-state index contributed by atoms with van der Waals surface area (Å²) in [6.45, 7) is 15.0. The second-order valence-electron chi connectivity index (χ2n) is 17.3. The molecule has 51 heavy (non-hydrogen) atoms. The van der Waals surface area contributed by atoms with Crippen molar-refractivity contribution in [1.29, 1.82) is 0 Å². The maximum Gasteiger partial charge on any atom is 0.410 e. The van der Waals surface area contributed by atoms with Gasteiger partial charge in [-0.05, 0) is 132 Å². The predicted octanol–water partition coefficient (Wildman–Crippen LogP) is 7.99. The Hall–Kier alpha value is -3.95. The number of aryl methyl sites for hydroxylation is 2. The number of hydrogen-bond acceptors (Lipinski definition) is 7. The Morgan fingerprint density at radius 1 is 0.941 bits per heavy atom. The number of carbonyl (C=O) groups excluding carboxylic acids is 2. The van der Waals surface area contributed by atoms with Gasteiger partial charge in [-0.3, -0.25) is 14.4 Å². The monoisotopic (exact) mass is 696 g/mol. The molecule has 2 bridgehead atoms. The number of likely N-dealkylation sites (tertiary alicyclic amines) is 1. The van der Waals surface area contributed by atoms with Gasteiger partial charge in [0.1, 0.15) is 24.0 Å². The van der Waals surface area contributed by atoms with Gasteiger partial charge in [0.05, 0.1) is 24.5 Å². The van der Waals surface area contributed by atoms with Crippen LogP contribution in [-0.2, 0) is 20.5 Å². The van der Waals surface area contributed by atoms with Crippen molar-refractivity contribution in [1.82, 2.24) is 24.6 Å². The number of nitrogens with zero attached hydrogens (tertiary/aromatic N) is 6. The third-order valence-electron chi connectivity index (χ3n) is 12.5. The zero-order valence-electron chi connectivity index (χ0n) is 31.7. The minimum Gasteiger partial charge on any atom is -0.496 e. The Bertz CT molecular complexity index is 1720. The molecule has 4 aliphatic carbocycles. The van der Waals surface area contributed by atoms with Gasteiger partial charge in [-0.15, -0.1) is 0 Å². The lowest BCUT2D eigenvalue weighted by Crippen LogP contribution is -2.52. The van der Waals surface area contributed by atoms with Crippen LogP contribution in [0.5, 0.6) is 5.75 Å². The van der Waals surface area contributed by atoms with Gasteiger partial charge in [-0.2, -0.15) is 5.10 Å². The van der Waals surface area contributed by atoms with Gasteiger partial charge < -0.3 is 14.4 Å². The molecule has 10 nitrogen and oxygen atoms in total. The molecule has 3 aromatic rings. The van der Waals surface area contributed by atoms with E-state index in [0.29, 0.717) is 44.0 Å². The Morgan fingerprint density at radius 3 is 2.16 bits per heavy atom.